The highest BCUT2D eigenvalue weighted by molar-refractivity contribution is 6.04. The predicted molar refractivity (Wildman–Crippen MR) is 135 cm³/mol. The first kappa shape index (κ1) is 25.4. The molecule has 0 spiro atoms. The van der Waals surface area contributed by atoms with E-state index >= 15 is 0 Å². The van der Waals surface area contributed by atoms with E-state index < -0.39 is 11.7 Å². The fraction of sp³-hybridized carbons (Fsp3) is 0.462. The van der Waals surface area contributed by atoms with Crippen molar-refractivity contribution >= 4 is 23.7 Å². The molecule has 0 radical (unpaired) electrons. The average molecular weight is 496 g/mol. The van der Waals surface area contributed by atoms with E-state index in [9.17, 15) is 9.59 Å². The van der Waals surface area contributed by atoms with E-state index in [0.29, 0.717) is 23.4 Å². The van der Waals surface area contributed by atoms with Crippen molar-refractivity contribution in [2.45, 2.75) is 52.1 Å². The van der Waals surface area contributed by atoms with Gasteiger partial charge >= 0.3 is 12.1 Å². The second-order valence-corrected chi connectivity index (χ2v) is 9.82. The minimum Gasteiger partial charge on any atom is -0.472 e. The fourth-order valence-electron chi connectivity index (χ4n) is 3.95. The van der Waals surface area contributed by atoms with Crippen LogP contribution in [0.5, 0.6) is 0 Å². The lowest BCUT2D eigenvalue weighted by atomic mass is 10.1. The largest absolute Gasteiger partial charge is 0.472 e. The van der Waals surface area contributed by atoms with Gasteiger partial charge in [-0.25, -0.2) is 9.69 Å². The standard InChI is InChI=1S/C26H33N5O5/c1-26(2,3)36-25(33)31(16-7-15-30-13-5-4-6-14-30)24-29-28-23(35-24)19-8-10-21(11-9-19)27-22(32)20-12-17-34-18-20/h8-12,17-18H,4-7,13-16H2,1-3H3,(H,27,32). The van der Waals surface area contributed by atoms with Crippen LogP contribution in [0.4, 0.5) is 16.5 Å². The van der Waals surface area contributed by atoms with Crippen LogP contribution in [-0.2, 0) is 4.74 Å². The fourth-order valence-corrected chi connectivity index (χ4v) is 3.95. The molecule has 2 aromatic heterocycles. The van der Waals surface area contributed by atoms with Gasteiger partial charge in [-0.1, -0.05) is 11.5 Å². The maximum Gasteiger partial charge on any atom is 0.418 e. The number of nitrogens with zero attached hydrogens (tertiary/aromatic N) is 4. The zero-order chi connectivity index (χ0) is 25.5. The van der Waals surface area contributed by atoms with Crippen LogP contribution >= 0.6 is 0 Å². The molecular formula is C26H33N5O5. The van der Waals surface area contributed by atoms with Crippen LogP contribution in [0.3, 0.4) is 0 Å². The van der Waals surface area contributed by atoms with Gasteiger partial charge < -0.3 is 23.8 Å². The number of likely N-dealkylation sites (tertiary alicyclic amines) is 1. The van der Waals surface area contributed by atoms with Crippen LogP contribution in [-0.4, -0.2) is 58.9 Å². The number of aromatic nitrogens is 2. The normalized spacial score (nSPS) is 14.4. The molecule has 1 aliphatic heterocycles. The Hall–Kier alpha value is -3.66. The number of ether oxygens (including phenoxy) is 1. The van der Waals surface area contributed by atoms with Crippen molar-refractivity contribution in [2.24, 2.45) is 0 Å². The molecule has 192 valence electrons. The SMILES string of the molecule is CC(C)(C)OC(=O)N(CCCN1CCCCC1)c1nnc(-c2ccc(NC(=O)c3ccoc3)cc2)o1. The number of carbonyl (C=O) groups is 2. The van der Waals surface area contributed by atoms with Crippen molar-refractivity contribution in [2.75, 3.05) is 36.4 Å². The summed E-state index contributed by atoms with van der Waals surface area (Å²) in [5.41, 5.74) is 1.05. The molecule has 0 saturated carbocycles. The van der Waals surface area contributed by atoms with Crippen molar-refractivity contribution in [1.82, 2.24) is 15.1 Å². The van der Waals surface area contributed by atoms with Crippen LogP contribution < -0.4 is 10.2 Å². The number of amides is 2. The Morgan fingerprint density at radius 2 is 1.83 bits per heavy atom. The van der Waals surface area contributed by atoms with Crippen molar-refractivity contribution in [3.8, 4) is 11.5 Å². The van der Waals surface area contributed by atoms with E-state index in [2.05, 4.69) is 20.4 Å². The molecule has 10 heteroatoms. The van der Waals surface area contributed by atoms with E-state index in [1.54, 1.807) is 30.3 Å². The molecule has 0 bridgehead atoms. The molecule has 3 aromatic rings. The monoisotopic (exact) mass is 495 g/mol. The molecule has 1 aliphatic rings. The molecule has 1 fully saturated rings. The number of hydrogen-bond acceptors (Lipinski definition) is 8. The number of benzene rings is 1. The van der Waals surface area contributed by atoms with Gasteiger partial charge in [-0.15, -0.1) is 5.10 Å². The van der Waals surface area contributed by atoms with E-state index in [1.807, 2.05) is 20.8 Å². The molecule has 1 saturated heterocycles. The molecule has 4 rings (SSSR count). The van der Waals surface area contributed by atoms with E-state index in [0.717, 1.165) is 26.1 Å². The highest BCUT2D eigenvalue weighted by atomic mass is 16.6. The number of furan rings is 1. The Morgan fingerprint density at radius 1 is 1.08 bits per heavy atom. The Labute approximate surface area is 210 Å². The molecule has 10 nitrogen and oxygen atoms in total. The summed E-state index contributed by atoms with van der Waals surface area (Å²) in [5, 5.41) is 11.1. The zero-order valence-corrected chi connectivity index (χ0v) is 21.0. The lowest BCUT2D eigenvalue weighted by Crippen LogP contribution is -2.39. The molecule has 36 heavy (non-hydrogen) atoms. The van der Waals surface area contributed by atoms with Gasteiger partial charge in [0.05, 0.1) is 11.8 Å². The minimum absolute atomic E-state index is 0.0928. The van der Waals surface area contributed by atoms with Crippen LogP contribution in [0, 0.1) is 0 Å². The molecular weight excluding hydrogens is 462 g/mol. The van der Waals surface area contributed by atoms with Crippen LogP contribution in [0.25, 0.3) is 11.5 Å². The average Bonchev–Trinajstić information content (AvgIpc) is 3.55. The van der Waals surface area contributed by atoms with Gasteiger partial charge in [-0.05, 0) is 90.0 Å². The first-order chi connectivity index (χ1) is 17.3. The van der Waals surface area contributed by atoms with Gasteiger partial charge in [0, 0.05) is 17.8 Å². The Bertz CT molecular complexity index is 1130. The van der Waals surface area contributed by atoms with Crippen molar-refractivity contribution < 1.29 is 23.2 Å². The first-order valence-corrected chi connectivity index (χ1v) is 12.3. The number of piperidine rings is 1. The van der Waals surface area contributed by atoms with Gasteiger partial charge in [0.1, 0.15) is 11.9 Å². The minimum atomic E-state index is -0.651. The molecule has 3 heterocycles. The van der Waals surface area contributed by atoms with Crippen LogP contribution in [0.15, 0.2) is 51.7 Å². The van der Waals surface area contributed by atoms with Crippen LogP contribution in [0.1, 0.15) is 56.8 Å². The first-order valence-electron chi connectivity index (χ1n) is 12.3. The number of anilines is 2. The van der Waals surface area contributed by atoms with E-state index in [1.165, 1.54) is 36.7 Å². The van der Waals surface area contributed by atoms with Crippen molar-refractivity contribution in [1.29, 1.82) is 0 Å². The molecule has 0 aliphatic carbocycles. The van der Waals surface area contributed by atoms with E-state index in [4.69, 9.17) is 13.6 Å². The van der Waals surface area contributed by atoms with Gasteiger partial charge in [0.2, 0.25) is 5.89 Å². The highest BCUT2D eigenvalue weighted by Crippen LogP contribution is 2.25. The van der Waals surface area contributed by atoms with Crippen molar-refractivity contribution in [3.63, 3.8) is 0 Å². The Morgan fingerprint density at radius 3 is 2.50 bits per heavy atom. The summed E-state index contributed by atoms with van der Waals surface area (Å²) in [6.45, 7) is 8.96. The van der Waals surface area contributed by atoms with Gasteiger partial charge in [0.25, 0.3) is 5.91 Å². The molecule has 0 atom stereocenters. The molecule has 2 amide bonds. The highest BCUT2D eigenvalue weighted by Gasteiger charge is 2.27. The van der Waals surface area contributed by atoms with Gasteiger partial charge in [-0.2, -0.15) is 0 Å². The maximum absolute atomic E-state index is 12.9. The summed E-state index contributed by atoms with van der Waals surface area (Å²) in [6, 6.07) is 8.68. The second kappa shape index (κ2) is 11.4. The molecule has 1 aromatic carbocycles. The predicted octanol–water partition coefficient (Wildman–Crippen LogP) is 5.20. The quantitative estimate of drug-likeness (QED) is 0.454. The summed E-state index contributed by atoms with van der Waals surface area (Å²) in [6.07, 6.45) is 6.79. The molecule has 1 N–H and O–H groups in total. The van der Waals surface area contributed by atoms with Gasteiger partial charge in [0.15, 0.2) is 0 Å². The second-order valence-electron chi connectivity index (χ2n) is 9.82. The topological polar surface area (TPSA) is 114 Å². The Balaban J connectivity index is 1.43. The van der Waals surface area contributed by atoms with Crippen molar-refractivity contribution in [3.05, 3.63) is 48.4 Å². The number of nitrogens with one attached hydrogen (secondary N) is 1. The third-order valence-corrected chi connectivity index (χ3v) is 5.74. The van der Waals surface area contributed by atoms with Crippen LogP contribution in [0.2, 0.25) is 0 Å². The summed E-state index contributed by atoms with van der Waals surface area (Å²) < 4.78 is 16.4. The number of rotatable bonds is 8. The lowest BCUT2D eigenvalue weighted by molar-refractivity contribution is 0.0571. The summed E-state index contributed by atoms with van der Waals surface area (Å²) in [7, 11) is 0. The third-order valence-electron chi connectivity index (χ3n) is 5.74. The van der Waals surface area contributed by atoms with Gasteiger partial charge in [-0.3, -0.25) is 4.79 Å². The summed E-state index contributed by atoms with van der Waals surface area (Å²) in [5.74, 6) is -0.00330. The zero-order valence-electron chi connectivity index (χ0n) is 21.0. The Kier molecular flexibility index (Phi) is 8.04. The van der Waals surface area contributed by atoms with E-state index in [-0.39, 0.29) is 17.8 Å². The third kappa shape index (κ3) is 6.94. The smallest absolute Gasteiger partial charge is 0.418 e. The number of carbonyl (C=O) groups excluding carboxylic acids is 2. The lowest BCUT2D eigenvalue weighted by Gasteiger charge is -2.28. The molecule has 0 unspecified atom stereocenters. The summed E-state index contributed by atoms with van der Waals surface area (Å²) >= 11 is 0. The number of hydrogen-bond donors (Lipinski definition) is 1. The maximum atomic E-state index is 12.9. The summed E-state index contributed by atoms with van der Waals surface area (Å²) in [4.78, 5) is 29.0.